The summed E-state index contributed by atoms with van der Waals surface area (Å²) < 4.78 is 4.56. The number of nitrogens with zero attached hydrogens (tertiary/aromatic N) is 2. The van der Waals surface area contributed by atoms with Crippen LogP contribution in [0.25, 0.3) is 0 Å². The third kappa shape index (κ3) is 2.77. The van der Waals surface area contributed by atoms with E-state index in [0.717, 1.165) is 0 Å². The molecular weight excluding hydrogens is 236 g/mol. The quantitative estimate of drug-likeness (QED) is 0.349. The van der Waals surface area contributed by atoms with Crippen molar-refractivity contribution >= 4 is 17.3 Å². The van der Waals surface area contributed by atoms with Crippen molar-refractivity contribution < 1.29 is 14.5 Å². The lowest BCUT2D eigenvalue weighted by atomic mass is 10.1. The Labute approximate surface area is 104 Å². The second-order valence-electron chi connectivity index (χ2n) is 3.51. The second kappa shape index (κ2) is 5.68. The highest BCUT2D eigenvalue weighted by molar-refractivity contribution is 5.91. The van der Waals surface area contributed by atoms with Crippen LogP contribution in [0.2, 0.25) is 0 Å². The molecule has 0 atom stereocenters. The Morgan fingerprint density at radius 1 is 1.61 bits per heavy atom. The topological polar surface area (TPSA) is 72.7 Å². The fraction of sp³-hybridized carbons (Fsp3) is 0.250. The van der Waals surface area contributed by atoms with Crippen LogP contribution in [0.15, 0.2) is 18.2 Å². The Balaban J connectivity index is 3.28. The first-order chi connectivity index (χ1) is 8.51. The van der Waals surface area contributed by atoms with Gasteiger partial charge in [0.05, 0.1) is 24.1 Å². The van der Waals surface area contributed by atoms with Gasteiger partial charge in [-0.15, -0.1) is 6.42 Å². The molecule has 0 aromatic heterocycles. The largest absolute Gasteiger partial charge is 0.465 e. The van der Waals surface area contributed by atoms with E-state index in [4.69, 9.17) is 6.42 Å². The van der Waals surface area contributed by atoms with Crippen molar-refractivity contribution in [2.24, 2.45) is 0 Å². The normalized spacial score (nSPS) is 9.39. The number of rotatable bonds is 4. The molecule has 6 nitrogen and oxygen atoms in total. The van der Waals surface area contributed by atoms with Crippen molar-refractivity contribution in [3.05, 3.63) is 33.9 Å². The van der Waals surface area contributed by atoms with Gasteiger partial charge in [0.2, 0.25) is 0 Å². The molecule has 0 radical (unpaired) electrons. The molecule has 0 aliphatic heterocycles. The Hall–Kier alpha value is -2.55. The lowest BCUT2D eigenvalue weighted by Gasteiger charge is -2.16. The number of methoxy groups -OCH3 is 1. The minimum Gasteiger partial charge on any atom is -0.465 e. The fourth-order valence-corrected chi connectivity index (χ4v) is 1.45. The van der Waals surface area contributed by atoms with Crippen LogP contribution in [0.5, 0.6) is 0 Å². The molecule has 0 N–H and O–H groups in total. The third-order valence-corrected chi connectivity index (χ3v) is 2.33. The third-order valence-electron chi connectivity index (χ3n) is 2.33. The number of esters is 1. The fourth-order valence-electron chi connectivity index (χ4n) is 1.45. The predicted molar refractivity (Wildman–Crippen MR) is 66.5 cm³/mol. The van der Waals surface area contributed by atoms with Gasteiger partial charge in [-0.3, -0.25) is 10.1 Å². The lowest BCUT2D eigenvalue weighted by Crippen LogP contribution is -2.19. The SMILES string of the molecule is C#CCN(C)c1cc(C(=O)OC)ccc1[N+](=O)[O-]. The molecule has 1 aromatic rings. The maximum Gasteiger partial charge on any atom is 0.337 e. The molecule has 18 heavy (non-hydrogen) atoms. The maximum atomic E-state index is 11.4. The van der Waals surface area contributed by atoms with Crippen LogP contribution in [0, 0.1) is 22.5 Å². The van der Waals surface area contributed by atoms with Crippen LogP contribution in [0.1, 0.15) is 10.4 Å². The number of benzene rings is 1. The van der Waals surface area contributed by atoms with Gasteiger partial charge in [0.25, 0.3) is 5.69 Å². The van der Waals surface area contributed by atoms with E-state index in [0.29, 0.717) is 0 Å². The summed E-state index contributed by atoms with van der Waals surface area (Å²) in [6, 6.07) is 3.99. The first-order valence-electron chi connectivity index (χ1n) is 5.02. The van der Waals surface area contributed by atoms with E-state index >= 15 is 0 Å². The molecule has 0 aliphatic carbocycles. The summed E-state index contributed by atoms with van der Waals surface area (Å²) in [7, 11) is 2.86. The van der Waals surface area contributed by atoms with E-state index < -0.39 is 10.9 Å². The molecule has 6 heteroatoms. The highest BCUT2D eigenvalue weighted by atomic mass is 16.6. The smallest absolute Gasteiger partial charge is 0.337 e. The second-order valence-corrected chi connectivity index (χ2v) is 3.51. The minimum absolute atomic E-state index is 0.111. The summed E-state index contributed by atoms with van der Waals surface area (Å²) >= 11 is 0. The highest BCUT2D eigenvalue weighted by Crippen LogP contribution is 2.28. The van der Waals surface area contributed by atoms with Gasteiger partial charge in [-0.2, -0.15) is 0 Å². The molecule has 0 spiro atoms. The van der Waals surface area contributed by atoms with E-state index in [1.54, 1.807) is 7.05 Å². The summed E-state index contributed by atoms with van der Waals surface area (Å²) in [5.74, 6) is 1.83. The Morgan fingerprint density at radius 3 is 2.78 bits per heavy atom. The van der Waals surface area contributed by atoms with Gasteiger partial charge >= 0.3 is 5.97 Å². The molecule has 0 saturated heterocycles. The Morgan fingerprint density at radius 2 is 2.28 bits per heavy atom. The van der Waals surface area contributed by atoms with Gasteiger partial charge < -0.3 is 9.64 Å². The van der Waals surface area contributed by atoms with E-state index in [1.165, 1.54) is 30.2 Å². The highest BCUT2D eigenvalue weighted by Gasteiger charge is 2.19. The number of carbonyl (C=O) groups is 1. The van der Waals surface area contributed by atoms with Crippen LogP contribution in [-0.4, -0.2) is 31.6 Å². The Bertz CT molecular complexity index is 519. The summed E-state index contributed by atoms with van der Waals surface area (Å²) in [6.07, 6.45) is 5.16. The number of hydrogen-bond donors (Lipinski definition) is 0. The zero-order valence-corrected chi connectivity index (χ0v) is 10.0. The number of ether oxygens (including phenoxy) is 1. The average Bonchev–Trinajstić information content (AvgIpc) is 2.37. The van der Waals surface area contributed by atoms with Gasteiger partial charge in [0.15, 0.2) is 0 Å². The van der Waals surface area contributed by atoms with Crippen LogP contribution < -0.4 is 4.90 Å². The molecule has 0 saturated carbocycles. The maximum absolute atomic E-state index is 11.4. The van der Waals surface area contributed by atoms with Gasteiger partial charge in [0.1, 0.15) is 5.69 Å². The Kier molecular flexibility index (Phi) is 4.27. The number of nitro benzene ring substituents is 1. The molecule has 0 aliphatic rings. The summed E-state index contributed by atoms with van der Waals surface area (Å²) in [6.45, 7) is 0.200. The minimum atomic E-state index is -0.555. The van der Waals surface area contributed by atoms with Crippen LogP contribution >= 0.6 is 0 Å². The number of anilines is 1. The number of nitro groups is 1. The van der Waals surface area contributed by atoms with Crippen molar-refractivity contribution in [1.29, 1.82) is 0 Å². The van der Waals surface area contributed by atoms with Crippen LogP contribution in [0.4, 0.5) is 11.4 Å². The van der Waals surface area contributed by atoms with Crippen molar-refractivity contribution in [3.8, 4) is 12.3 Å². The van der Waals surface area contributed by atoms with Gasteiger partial charge in [-0.05, 0) is 12.1 Å². The molecule has 1 rings (SSSR count). The summed E-state index contributed by atoms with van der Waals surface area (Å²) in [5, 5.41) is 10.9. The molecule has 0 bridgehead atoms. The van der Waals surface area contributed by atoms with E-state index in [1.807, 2.05) is 0 Å². The zero-order chi connectivity index (χ0) is 13.7. The summed E-state index contributed by atoms with van der Waals surface area (Å²) in [4.78, 5) is 23.3. The molecule has 0 heterocycles. The van der Waals surface area contributed by atoms with Gasteiger partial charge in [-0.25, -0.2) is 4.79 Å². The van der Waals surface area contributed by atoms with Crippen LogP contribution in [-0.2, 0) is 4.74 Å². The van der Waals surface area contributed by atoms with E-state index in [2.05, 4.69) is 10.7 Å². The average molecular weight is 248 g/mol. The van der Waals surface area contributed by atoms with Crippen molar-refractivity contribution in [1.82, 2.24) is 0 Å². The standard InChI is InChI=1S/C12H12N2O4/c1-4-7-13(2)11-8-9(12(15)18-3)5-6-10(11)14(16)17/h1,5-6,8H,7H2,2-3H3. The van der Waals surface area contributed by atoms with Crippen LogP contribution in [0.3, 0.4) is 0 Å². The molecule has 0 amide bonds. The van der Waals surface area contributed by atoms with Crippen molar-refractivity contribution in [3.63, 3.8) is 0 Å². The van der Waals surface area contributed by atoms with Gasteiger partial charge in [0, 0.05) is 13.1 Å². The van der Waals surface area contributed by atoms with Gasteiger partial charge in [-0.1, -0.05) is 5.92 Å². The van der Waals surface area contributed by atoms with Crippen molar-refractivity contribution in [2.45, 2.75) is 0 Å². The molecule has 0 fully saturated rings. The molecular formula is C12H12N2O4. The molecule has 94 valence electrons. The lowest BCUT2D eigenvalue weighted by molar-refractivity contribution is -0.384. The zero-order valence-electron chi connectivity index (χ0n) is 10.0. The number of hydrogen-bond acceptors (Lipinski definition) is 5. The van der Waals surface area contributed by atoms with E-state index in [9.17, 15) is 14.9 Å². The predicted octanol–water partition coefficient (Wildman–Crippen LogP) is 1.45. The monoisotopic (exact) mass is 248 g/mol. The number of carbonyl (C=O) groups excluding carboxylic acids is 1. The first-order valence-corrected chi connectivity index (χ1v) is 5.02. The molecule has 1 aromatic carbocycles. The van der Waals surface area contributed by atoms with E-state index in [-0.39, 0.29) is 23.5 Å². The number of terminal acetylenes is 1. The summed E-state index contributed by atoms with van der Waals surface area (Å²) in [5.41, 5.74) is 0.406. The molecule has 0 unspecified atom stereocenters. The first kappa shape index (κ1) is 13.5. The van der Waals surface area contributed by atoms with Crippen molar-refractivity contribution in [2.75, 3.05) is 25.6 Å².